The highest BCUT2D eigenvalue weighted by Gasteiger charge is 2.02. The summed E-state index contributed by atoms with van der Waals surface area (Å²) in [5.41, 5.74) is 1.66. The molecule has 0 spiro atoms. The quantitative estimate of drug-likeness (QED) is 0.627. The Morgan fingerprint density at radius 2 is 2.24 bits per heavy atom. The number of halogens is 2. The minimum atomic E-state index is -0.358. The summed E-state index contributed by atoms with van der Waals surface area (Å²) in [4.78, 5) is 0. The third-order valence-electron chi connectivity index (χ3n) is 2.87. The summed E-state index contributed by atoms with van der Waals surface area (Å²) < 4.78 is 20.9. The zero-order valence-corrected chi connectivity index (χ0v) is 12.5. The fourth-order valence-electron chi connectivity index (χ4n) is 1.85. The Morgan fingerprint density at radius 1 is 1.38 bits per heavy atom. The molecule has 21 heavy (non-hydrogen) atoms. The molecule has 0 amide bonds. The molecule has 1 heterocycles. The lowest BCUT2D eigenvalue weighted by Gasteiger charge is -2.07. The van der Waals surface area contributed by atoms with Crippen LogP contribution in [0.2, 0.25) is 0 Å². The molecular weight excluding hydrogens is 291 g/mol. The van der Waals surface area contributed by atoms with Gasteiger partial charge in [-0.05, 0) is 18.2 Å². The van der Waals surface area contributed by atoms with Gasteiger partial charge < -0.3 is 4.74 Å². The maximum atomic E-state index is 13.5. The fraction of sp³-hybridized carbons (Fsp3) is 0.312. The first-order valence-corrected chi connectivity index (χ1v) is 7.17. The average Bonchev–Trinajstić information content (AvgIpc) is 2.84. The first-order valence-electron chi connectivity index (χ1n) is 6.64. The summed E-state index contributed by atoms with van der Waals surface area (Å²) in [6.07, 6.45) is 3.02. The molecule has 0 saturated heterocycles. The molecule has 1 aromatic carbocycles. The third-order valence-corrected chi connectivity index (χ3v) is 3.06. The topological polar surface area (TPSA) is 27.1 Å². The highest BCUT2D eigenvalue weighted by molar-refractivity contribution is 6.18. The molecule has 1 aromatic heterocycles. The molecule has 0 N–H and O–H groups in total. The second kappa shape index (κ2) is 7.70. The molecule has 0 unspecified atom stereocenters. The average molecular weight is 307 g/mol. The SMILES string of the molecule is Cn1nccc1CCOc1cc(F)cc(C#CCCCl)c1. The number of hydrogen-bond donors (Lipinski definition) is 0. The zero-order chi connectivity index (χ0) is 15.1. The van der Waals surface area contributed by atoms with Crippen LogP contribution in [0.4, 0.5) is 4.39 Å². The van der Waals surface area contributed by atoms with Gasteiger partial charge in [-0.25, -0.2) is 4.39 Å². The summed E-state index contributed by atoms with van der Waals surface area (Å²) in [6, 6.07) is 6.40. The third kappa shape index (κ3) is 4.80. The minimum Gasteiger partial charge on any atom is -0.493 e. The Hall–Kier alpha value is -1.99. The van der Waals surface area contributed by atoms with Gasteiger partial charge in [0.2, 0.25) is 0 Å². The number of ether oxygens (including phenoxy) is 1. The van der Waals surface area contributed by atoms with Gasteiger partial charge in [0.05, 0.1) is 6.61 Å². The Bertz CT molecular complexity index is 658. The maximum absolute atomic E-state index is 13.5. The van der Waals surface area contributed by atoms with Crippen molar-refractivity contribution in [2.24, 2.45) is 7.05 Å². The summed E-state index contributed by atoms with van der Waals surface area (Å²) in [7, 11) is 1.88. The van der Waals surface area contributed by atoms with Crippen LogP contribution < -0.4 is 4.74 Å². The predicted octanol–water partition coefficient (Wildman–Crippen LogP) is 3.16. The van der Waals surface area contributed by atoms with Crippen LogP contribution in [-0.4, -0.2) is 22.3 Å². The lowest BCUT2D eigenvalue weighted by molar-refractivity contribution is 0.316. The van der Waals surface area contributed by atoms with Gasteiger partial charge in [0, 0.05) is 49.3 Å². The molecule has 5 heteroatoms. The molecule has 0 radical (unpaired) electrons. The van der Waals surface area contributed by atoms with Gasteiger partial charge in [0.15, 0.2) is 0 Å². The van der Waals surface area contributed by atoms with Crippen molar-refractivity contribution in [2.75, 3.05) is 12.5 Å². The van der Waals surface area contributed by atoms with E-state index in [1.54, 1.807) is 16.9 Å². The Labute approximate surface area is 128 Å². The number of nitrogens with zero attached hydrogens (tertiary/aromatic N) is 2. The molecule has 0 fully saturated rings. The van der Waals surface area contributed by atoms with E-state index >= 15 is 0 Å². The van der Waals surface area contributed by atoms with Crippen LogP contribution in [0.1, 0.15) is 17.7 Å². The van der Waals surface area contributed by atoms with Crippen LogP contribution in [0.3, 0.4) is 0 Å². The number of benzene rings is 1. The van der Waals surface area contributed by atoms with Crippen LogP contribution in [0, 0.1) is 17.7 Å². The highest BCUT2D eigenvalue weighted by Crippen LogP contribution is 2.16. The standard InChI is InChI=1S/C16H16ClFN2O/c1-20-15(5-8-19-20)6-9-21-16-11-13(4-2-3-7-17)10-14(18)12-16/h5,8,10-12H,3,6-7,9H2,1H3. The smallest absolute Gasteiger partial charge is 0.128 e. The van der Waals surface area contributed by atoms with Gasteiger partial charge in [0.25, 0.3) is 0 Å². The van der Waals surface area contributed by atoms with Crippen molar-refractivity contribution in [3.63, 3.8) is 0 Å². The van der Waals surface area contributed by atoms with E-state index in [0.29, 0.717) is 36.6 Å². The number of hydrogen-bond acceptors (Lipinski definition) is 2. The van der Waals surface area contributed by atoms with E-state index in [2.05, 4.69) is 16.9 Å². The van der Waals surface area contributed by atoms with Crippen molar-refractivity contribution < 1.29 is 9.13 Å². The molecule has 0 atom stereocenters. The van der Waals surface area contributed by atoms with Crippen LogP contribution >= 0.6 is 11.6 Å². The molecule has 0 aliphatic heterocycles. The van der Waals surface area contributed by atoms with E-state index in [0.717, 1.165) is 5.69 Å². The molecule has 0 aliphatic rings. The minimum absolute atomic E-state index is 0.358. The first-order chi connectivity index (χ1) is 10.2. The van der Waals surface area contributed by atoms with Crippen LogP contribution in [-0.2, 0) is 13.5 Å². The number of rotatable bonds is 5. The Balaban J connectivity index is 1.97. The fourth-order valence-corrected chi connectivity index (χ4v) is 1.94. The second-order valence-corrected chi connectivity index (χ2v) is 4.84. The largest absolute Gasteiger partial charge is 0.493 e. The number of aryl methyl sites for hydroxylation is 1. The summed E-state index contributed by atoms with van der Waals surface area (Å²) in [5, 5.41) is 4.08. The van der Waals surface area contributed by atoms with Gasteiger partial charge >= 0.3 is 0 Å². The van der Waals surface area contributed by atoms with Crippen LogP contribution in [0.15, 0.2) is 30.5 Å². The molecule has 2 rings (SSSR count). The zero-order valence-electron chi connectivity index (χ0n) is 11.8. The Morgan fingerprint density at radius 3 is 2.95 bits per heavy atom. The van der Waals surface area contributed by atoms with Crippen LogP contribution in [0.5, 0.6) is 5.75 Å². The predicted molar refractivity (Wildman–Crippen MR) is 81.0 cm³/mol. The van der Waals surface area contributed by atoms with Crippen molar-refractivity contribution in [2.45, 2.75) is 12.8 Å². The lowest BCUT2D eigenvalue weighted by Crippen LogP contribution is -2.06. The first kappa shape index (κ1) is 15.4. The summed E-state index contributed by atoms with van der Waals surface area (Å²) in [6.45, 7) is 0.456. The molecule has 3 nitrogen and oxygen atoms in total. The molecule has 110 valence electrons. The van der Waals surface area contributed by atoms with E-state index in [4.69, 9.17) is 16.3 Å². The second-order valence-electron chi connectivity index (χ2n) is 4.46. The monoisotopic (exact) mass is 306 g/mol. The molecule has 0 aliphatic carbocycles. The van der Waals surface area contributed by atoms with Gasteiger partial charge in [-0.3, -0.25) is 4.68 Å². The molecule has 0 saturated carbocycles. The van der Waals surface area contributed by atoms with Gasteiger partial charge in [0.1, 0.15) is 11.6 Å². The van der Waals surface area contributed by atoms with Crippen LogP contribution in [0.25, 0.3) is 0 Å². The Kier molecular flexibility index (Phi) is 5.65. The van der Waals surface area contributed by atoms with Gasteiger partial charge in [-0.1, -0.05) is 11.8 Å². The van der Waals surface area contributed by atoms with Crippen molar-refractivity contribution >= 4 is 11.6 Å². The van der Waals surface area contributed by atoms with E-state index in [1.807, 2.05) is 13.1 Å². The summed E-state index contributed by atoms with van der Waals surface area (Å²) in [5.74, 6) is 6.34. The van der Waals surface area contributed by atoms with Crippen molar-refractivity contribution in [3.05, 3.63) is 47.5 Å². The maximum Gasteiger partial charge on any atom is 0.128 e. The number of alkyl halides is 1. The lowest BCUT2D eigenvalue weighted by atomic mass is 10.2. The summed E-state index contributed by atoms with van der Waals surface area (Å²) >= 11 is 5.55. The highest BCUT2D eigenvalue weighted by atomic mass is 35.5. The van der Waals surface area contributed by atoms with Crippen molar-refractivity contribution in [1.82, 2.24) is 9.78 Å². The van der Waals surface area contributed by atoms with Crippen molar-refractivity contribution in [1.29, 1.82) is 0 Å². The molecule has 2 aromatic rings. The van der Waals surface area contributed by atoms with Gasteiger partial charge in [-0.2, -0.15) is 5.10 Å². The number of aromatic nitrogens is 2. The molecule has 0 bridgehead atoms. The van der Waals surface area contributed by atoms with E-state index in [-0.39, 0.29) is 5.82 Å². The van der Waals surface area contributed by atoms with Crippen molar-refractivity contribution in [3.8, 4) is 17.6 Å². The normalized spacial score (nSPS) is 10.0. The van der Waals surface area contributed by atoms with E-state index in [9.17, 15) is 4.39 Å². The van der Waals surface area contributed by atoms with E-state index in [1.165, 1.54) is 12.1 Å². The van der Waals surface area contributed by atoms with Gasteiger partial charge in [-0.15, -0.1) is 11.6 Å². The molecular formula is C16H16ClFN2O. The van der Waals surface area contributed by atoms with E-state index < -0.39 is 0 Å².